The first-order valence-electron chi connectivity index (χ1n) is 7.15. The van der Waals surface area contributed by atoms with Gasteiger partial charge in [0.05, 0.1) is 18.0 Å². The van der Waals surface area contributed by atoms with E-state index in [0.29, 0.717) is 19.5 Å². The van der Waals surface area contributed by atoms with Crippen molar-refractivity contribution in [3.8, 4) is 0 Å². The zero-order chi connectivity index (χ0) is 19.4. The molecule has 0 rings (SSSR count). The van der Waals surface area contributed by atoms with Gasteiger partial charge in [0.1, 0.15) is 23.9 Å². The van der Waals surface area contributed by atoms with Crippen LogP contribution < -0.4 is 0 Å². The Labute approximate surface area is 148 Å². The van der Waals surface area contributed by atoms with Crippen LogP contribution in [0.2, 0.25) is 0 Å². The smallest absolute Gasteiger partial charge is 0.180 e. The molecule has 0 aromatic carbocycles. The van der Waals surface area contributed by atoms with Crippen LogP contribution >= 0.6 is 0 Å². The normalized spacial score (nSPS) is 12.2. The average Bonchev–Trinajstić information content (AvgIpc) is 2.54. The molecule has 0 aliphatic heterocycles. The molecule has 0 amide bonds. The number of hydrogen-bond donors (Lipinski definition) is 0. The fraction of sp³-hybridized carbons (Fsp3) is 0.867. The summed E-state index contributed by atoms with van der Waals surface area (Å²) >= 11 is 0. The number of carbonyl (C=O) groups is 1. The fourth-order valence-electron chi connectivity index (χ4n) is 0.767. The summed E-state index contributed by atoms with van der Waals surface area (Å²) in [6, 6.07) is 0. The molecule has 0 bridgehead atoms. The van der Waals surface area contributed by atoms with Crippen molar-refractivity contribution in [3.05, 3.63) is 0 Å². The predicted octanol–water partition coefficient (Wildman–Crippen LogP) is 1.25. The Morgan fingerprint density at radius 1 is 0.958 bits per heavy atom. The maximum atomic E-state index is 11.2. The third-order valence-electron chi connectivity index (χ3n) is 2.00. The van der Waals surface area contributed by atoms with E-state index in [0.717, 1.165) is 0 Å². The van der Waals surface area contributed by atoms with Gasteiger partial charge in [0.15, 0.2) is 6.29 Å². The van der Waals surface area contributed by atoms with E-state index in [1.165, 1.54) is 13.3 Å². The Morgan fingerprint density at radius 3 is 1.67 bits per heavy atom. The van der Waals surface area contributed by atoms with E-state index in [1.807, 2.05) is 20.8 Å². The monoisotopic (exact) mass is 371 g/mol. The lowest BCUT2D eigenvalue weighted by Crippen LogP contribution is -2.19. The van der Waals surface area contributed by atoms with Crippen molar-refractivity contribution in [1.29, 1.82) is 0 Å². The number of rotatable bonds is 9. The molecule has 0 aromatic heterocycles. The molecular formula is C15H33NO7S. The average molecular weight is 371 g/mol. The number of methoxy groups -OCH3 is 5. The molecule has 24 heavy (non-hydrogen) atoms. The number of hydrogen-bond acceptors (Lipinski definition) is 7. The zero-order valence-corrected chi connectivity index (χ0v) is 16.9. The summed E-state index contributed by atoms with van der Waals surface area (Å²) < 4.78 is 38.1. The third kappa shape index (κ3) is 23.6. The molecule has 0 N–H and O–H groups in total. The van der Waals surface area contributed by atoms with Gasteiger partial charge in [0.25, 0.3) is 0 Å². The molecule has 0 radical (unpaired) electrons. The van der Waals surface area contributed by atoms with E-state index >= 15 is 0 Å². The zero-order valence-electron chi connectivity index (χ0n) is 16.1. The van der Waals surface area contributed by atoms with E-state index < -0.39 is 11.0 Å². The second-order valence-electron chi connectivity index (χ2n) is 5.08. The van der Waals surface area contributed by atoms with E-state index in [2.05, 4.69) is 9.13 Å². The lowest BCUT2D eigenvalue weighted by molar-refractivity contribution is -0.133. The van der Waals surface area contributed by atoms with Gasteiger partial charge in [-0.1, -0.05) is 0 Å². The molecule has 1 atom stereocenters. The van der Waals surface area contributed by atoms with Gasteiger partial charge in [-0.2, -0.15) is 4.40 Å². The van der Waals surface area contributed by atoms with Gasteiger partial charge < -0.3 is 28.5 Å². The summed E-state index contributed by atoms with van der Waals surface area (Å²) in [6.07, 6.45) is 2.02. The third-order valence-corrected chi connectivity index (χ3v) is 3.39. The van der Waals surface area contributed by atoms with Crippen LogP contribution in [0.3, 0.4) is 0 Å². The SMILES string of the molecule is COCC(OC)OC.COCC=N[S@](=O)C(C)(C)C.COCC=O. The Bertz CT molecular complexity index is 315. The highest BCUT2D eigenvalue weighted by atomic mass is 32.2. The maximum Gasteiger partial charge on any atom is 0.180 e. The largest absolute Gasteiger partial charge is 0.379 e. The molecule has 0 aliphatic rings. The van der Waals surface area contributed by atoms with Gasteiger partial charge in [-0.25, -0.2) is 4.21 Å². The molecule has 8 nitrogen and oxygen atoms in total. The molecule has 0 saturated heterocycles. The van der Waals surface area contributed by atoms with Crippen molar-refractivity contribution in [2.24, 2.45) is 4.40 Å². The molecule has 0 unspecified atom stereocenters. The minimum Gasteiger partial charge on any atom is -0.379 e. The Balaban J connectivity index is -0.000000298. The molecule has 146 valence electrons. The van der Waals surface area contributed by atoms with Crippen LogP contribution in [0.1, 0.15) is 20.8 Å². The van der Waals surface area contributed by atoms with E-state index in [-0.39, 0.29) is 17.6 Å². The number of nitrogens with zero attached hydrogens (tertiary/aromatic N) is 1. The van der Waals surface area contributed by atoms with Gasteiger partial charge in [0.2, 0.25) is 0 Å². The van der Waals surface area contributed by atoms with Crippen LogP contribution in [0, 0.1) is 0 Å². The Morgan fingerprint density at radius 2 is 1.46 bits per heavy atom. The van der Waals surface area contributed by atoms with Gasteiger partial charge in [-0.05, 0) is 20.8 Å². The van der Waals surface area contributed by atoms with Gasteiger partial charge in [-0.3, -0.25) is 0 Å². The fourth-order valence-corrected chi connectivity index (χ4v) is 1.28. The van der Waals surface area contributed by atoms with Crippen molar-refractivity contribution in [1.82, 2.24) is 0 Å². The number of aldehydes is 1. The van der Waals surface area contributed by atoms with E-state index in [1.54, 1.807) is 28.4 Å². The van der Waals surface area contributed by atoms with Crippen molar-refractivity contribution >= 4 is 23.5 Å². The highest BCUT2D eigenvalue weighted by molar-refractivity contribution is 7.85. The number of carbonyl (C=O) groups excluding carboxylic acids is 1. The second-order valence-corrected chi connectivity index (χ2v) is 7.02. The molecule has 0 aliphatic carbocycles. The lowest BCUT2D eigenvalue weighted by Gasteiger charge is -2.12. The minimum atomic E-state index is -1.15. The first-order chi connectivity index (χ1) is 11.2. The highest BCUT2D eigenvalue weighted by Crippen LogP contribution is 2.11. The molecule has 0 saturated carbocycles. The summed E-state index contributed by atoms with van der Waals surface area (Å²) in [6.45, 7) is 6.75. The van der Waals surface area contributed by atoms with Crippen molar-refractivity contribution in [2.75, 3.05) is 55.4 Å². The summed E-state index contributed by atoms with van der Waals surface area (Å²) in [5, 5.41) is 0. The standard InChI is InChI=1S/C7H15NO2S.C5H12O3.C3H6O2/c1-7(2,3)11(9)8-5-6-10-4;1-6-4-5(7-2)8-3;1-5-3-2-4/h5H,6H2,1-4H3;5H,4H2,1-3H3;2H,3H2,1H3/t11-;;/m1../s1. The van der Waals surface area contributed by atoms with Crippen LogP contribution in [-0.4, -0.2) is 83.1 Å². The first kappa shape index (κ1) is 28.1. The molecular weight excluding hydrogens is 338 g/mol. The molecule has 0 aromatic rings. The summed E-state index contributed by atoms with van der Waals surface area (Å²) in [7, 11) is 6.66. The van der Waals surface area contributed by atoms with Crippen LogP contribution in [-0.2, 0) is 39.5 Å². The lowest BCUT2D eigenvalue weighted by atomic mass is 10.3. The summed E-state index contributed by atoms with van der Waals surface area (Å²) in [5.74, 6) is 0. The van der Waals surface area contributed by atoms with Crippen molar-refractivity contribution in [3.63, 3.8) is 0 Å². The topological polar surface area (TPSA) is 92.7 Å². The quantitative estimate of drug-likeness (QED) is 0.342. The first-order valence-corrected chi connectivity index (χ1v) is 8.26. The Kier molecular flexibility index (Phi) is 23.8. The second kappa shape index (κ2) is 20.3. The molecule has 0 heterocycles. The molecule has 9 heteroatoms. The van der Waals surface area contributed by atoms with Crippen LogP contribution in [0.4, 0.5) is 0 Å². The maximum absolute atomic E-state index is 11.2. The van der Waals surface area contributed by atoms with Gasteiger partial charge in [0, 0.05) is 41.8 Å². The Hall–Kier alpha value is -0.710. The summed E-state index contributed by atoms with van der Waals surface area (Å²) in [5.41, 5.74) is 0. The highest BCUT2D eigenvalue weighted by Gasteiger charge is 2.17. The number of ether oxygens (including phenoxy) is 5. The minimum absolute atomic E-state index is 0.208. The van der Waals surface area contributed by atoms with E-state index in [4.69, 9.17) is 18.9 Å². The van der Waals surface area contributed by atoms with E-state index in [9.17, 15) is 9.00 Å². The van der Waals surface area contributed by atoms with Gasteiger partial charge >= 0.3 is 0 Å². The van der Waals surface area contributed by atoms with Crippen LogP contribution in [0.5, 0.6) is 0 Å². The van der Waals surface area contributed by atoms with Gasteiger partial charge in [-0.15, -0.1) is 0 Å². The van der Waals surface area contributed by atoms with Crippen molar-refractivity contribution in [2.45, 2.75) is 31.8 Å². The molecule has 0 fully saturated rings. The van der Waals surface area contributed by atoms with Crippen LogP contribution in [0.15, 0.2) is 4.40 Å². The molecule has 0 spiro atoms. The summed E-state index contributed by atoms with van der Waals surface area (Å²) in [4.78, 5) is 9.28. The van der Waals surface area contributed by atoms with Crippen LogP contribution in [0.25, 0.3) is 0 Å². The van der Waals surface area contributed by atoms with Crippen molar-refractivity contribution < 1.29 is 32.7 Å². The predicted molar refractivity (Wildman–Crippen MR) is 95.9 cm³/mol.